The van der Waals surface area contributed by atoms with Gasteiger partial charge in [-0.1, -0.05) is 13.8 Å². The number of hydrogen-bond acceptors (Lipinski definition) is 3. The lowest BCUT2D eigenvalue weighted by Gasteiger charge is -2.35. The third-order valence-corrected chi connectivity index (χ3v) is 4.50. The monoisotopic (exact) mass is 240 g/mol. The fourth-order valence-corrected chi connectivity index (χ4v) is 2.88. The smallest absolute Gasteiger partial charge is 0.0480 e. The summed E-state index contributed by atoms with van der Waals surface area (Å²) in [5.74, 6) is 1.78. The molecule has 2 aliphatic heterocycles. The molecule has 0 spiro atoms. The minimum Gasteiger partial charge on any atom is -0.381 e. The van der Waals surface area contributed by atoms with Crippen LogP contribution in [0.25, 0.3) is 0 Å². The van der Waals surface area contributed by atoms with Crippen LogP contribution in [0.5, 0.6) is 0 Å². The van der Waals surface area contributed by atoms with E-state index in [1.54, 1.807) is 0 Å². The van der Waals surface area contributed by atoms with E-state index in [4.69, 9.17) is 4.74 Å². The molecule has 2 unspecified atom stereocenters. The Hall–Kier alpha value is -0.120. The standard InChI is InChI=1S/C14H28N2O/c1-12-3-7-16(11-13(12)2)8-6-15-14-4-9-17-10-5-14/h12-15H,3-11H2,1-2H3. The maximum absolute atomic E-state index is 5.37. The van der Waals surface area contributed by atoms with E-state index >= 15 is 0 Å². The number of nitrogens with one attached hydrogen (secondary N) is 1. The van der Waals surface area contributed by atoms with Gasteiger partial charge >= 0.3 is 0 Å². The second kappa shape index (κ2) is 6.72. The van der Waals surface area contributed by atoms with E-state index in [1.807, 2.05) is 0 Å². The molecule has 2 saturated heterocycles. The molecule has 0 saturated carbocycles. The Kier molecular flexibility index (Phi) is 5.26. The molecule has 0 aromatic carbocycles. The van der Waals surface area contributed by atoms with Crippen LogP contribution in [-0.2, 0) is 4.74 Å². The van der Waals surface area contributed by atoms with Crippen molar-refractivity contribution in [1.29, 1.82) is 0 Å². The molecule has 2 heterocycles. The summed E-state index contributed by atoms with van der Waals surface area (Å²) in [6.45, 7) is 11.6. The third-order valence-electron chi connectivity index (χ3n) is 4.50. The van der Waals surface area contributed by atoms with E-state index in [9.17, 15) is 0 Å². The van der Waals surface area contributed by atoms with E-state index < -0.39 is 0 Å². The van der Waals surface area contributed by atoms with Gasteiger partial charge in [0.25, 0.3) is 0 Å². The molecule has 0 bridgehead atoms. The summed E-state index contributed by atoms with van der Waals surface area (Å²) in [4.78, 5) is 2.62. The largest absolute Gasteiger partial charge is 0.381 e. The zero-order valence-electron chi connectivity index (χ0n) is 11.5. The Labute approximate surface area is 106 Å². The molecule has 0 amide bonds. The first-order valence-electron chi connectivity index (χ1n) is 7.29. The van der Waals surface area contributed by atoms with Crippen LogP contribution >= 0.6 is 0 Å². The molecule has 2 fully saturated rings. The first-order chi connectivity index (χ1) is 8.25. The lowest BCUT2D eigenvalue weighted by molar-refractivity contribution is 0.0757. The van der Waals surface area contributed by atoms with Crippen molar-refractivity contribution in [3.05, 3.63) is 0 Å². The van der Waals surface area contributed by atoms with Gasteiger partial charge in [-0.25, -0.2) is 0 Å². The van der Waals surface area contributed by atoms with Gasteiger partial charge in [0, 0.05) is 38.9 Å². The number of ether oxygens (including phenoxy) is 1. The number of rotatable bonds is 4. The van der Waals surface area contributed by atoms with Crippen LogP contribution in [-0.4, -0.2) is 50.3 Å². The molecule has 0 aromatic heterocycles. The number of piperidine rings is 1. The van der Waals surface area contributed by atoms with Crippen LogP contribution < -0.4 is 5.32 Å². The summed E-state index contributed by atoms with van der Waals surface area (Å²) in [5.41, 5.74) is 0. The van der Waals surface area contributed by atoms with Gasteiger partial charge in [0.2, 0.25) is 0 Å². The molecule has 2 aliphatic rings. The maximum Gasteiger partial charge on any atom is 0.0480 e. The molecular formula is C14H28N2O. The fourth-order valence-electron chi connectivity index (χ4n) is 2.88. The van der Waals surface area contributed by atoms with E-state index in [0.29, 0.717) is 6.04 Å². The Morgan fingerprint density at radius 2 is 1.88 bits per heavy atom. The minimum absolute atomic E-state index is 0.699. The Morgan fingerprint density at radius 3 is 2.59 bits per heavy atom. The van der Waals surface area contributed by atoms with Crippen molar-refractivity contribution < 1.29 is 4.74 Å². The summed E-state index contributed by atoms with van der Waals surface area (Å²) in [7, 11) is 0. The number of likely N-dealkylation sites (tertiary alicyclic amines) is 1. The third kappa shape index (κ3) is 4.23. The van der Waals surface area contributed by atoms with Crippen molar-refractivity contribution in [2.75, 3.05) is 39.4 Å². The van der Waals surface area contributed by atoms with Gasteiger partial charge in [-0.2, -0.15) is 0 Å². The molecule has 100 valence electrons. The Balaban J connectivity index is 1.58. The quantitative estimate of drug-likeness (QED) is 0.810. The SMILES string of the molecule is CC1CCN(CCNC2CCOCC2)CC1C. The van der Waals surface area contributed by atoms with Crippen molar-refractivity contribution in [1.82, 2.24) is 10.2 Å². The summed E-state index contributed by atoms with van der Waals surface area (Å²) in [5, 5.41) is 3.67. The van der Waals surface area contributed by atoms with Crippen LogP contribution in [0.15, 0.2) is 0 Å². The topological polar surface area (TPSA) is 24.5 Å². The van der Waals surface area contributed by atoms with Gasteiger partial charge in [0.15, 0.2) is 0 Å². The van der Waals surface area contributed by atoms with E-state index in [0.717, 1.165) is 31.6 Å². The van der Waals surface area contributed by atoms with Crippen LogP contribution in [0.1, 0.15) is 33.1 Å². The van der Waals surface area contributed by atoms with Gasteiger partial charge < -0.3 is 15.0 Å². The fraction of sp³-hybridized carbons (Fsp3) is 1.00. The molecule has 3 heteroatoms. The lowest BCUT2D eigenvalue weighted by atomic mass is 9.89. The van der Waals surface area contributed by atoms with Crippen molar-refractivity contribution in [2.24, 2.45) is 11.8 Å². The second-order valence-electron chi connectivity index (χ2n) is 5.88. The van der Waals surface area contributed by atoms with Crippen LogP contribution in [0.2, 0.25) is 0 Å². The average molecular weight is 240 g/mol. The summed E-state index contributed by atoms with van der Waals surface area (Å²) in [6.07, 6.45) is 3.75. The highest BCUT2D eigenvalue weighted by Crippen LogP contribution is 2.21. The highest BCUT2D eigenvalue weighted by Gasteiger charge is 2.22. The molecule has 0 radical (unpaired) electrons. The van der Waals surface area contributed by atoms with Crippen molar-refractivity contribution in [3.63, 3.8) is 0 Å². The van der Waals surface area contributed by atoms with Crippen molar-refractivity contribution in [2.45, 2.75) is 39.2 Å². The summed E-state index contributed by atoms with van der Waals surface area (Å²) < 4.78 is 5.37. The first-order valence-corrected chi connectivity index (χ1v) is 7.29. The van der Waals surface area contributed by atoms with E-state index in [-0.39, 0.29) is 0 Å². The van der Waals surface area contributed by atoms with E-state index in [2.05, 4.69) is 24.1 Å². The Morgan fingerprint density at radius 1 is 1.12 bits per heavy atom. The van der Waals surface area contributed by atoms with Gasteiger partial charge in [0.05, 0.1) is 0 Å². The molecule has 3 nitrogen and oxygen atoms in total. The molecule has 17 heavy (non-hydrogen) atoms. The molecule has 2 atom stereocenters. The lowest BCUT2D eigenvalue weighted by Crippen LogP contribution is -2.44. The van der Waals surface area contributed by atoms with Crippen LogP contribution in [0, 0.1) is 11.8 Å². The zero-order valence-corrected chi connectivity index (χ0v) is 11.5. The molecular weight excluding hydrogens is 212 g/mol. The summed E-state index contributed by atoms with van der Waals surface area (Å²) in [6, 6.07) is 0.699. The number of nitrogens with zero attached hydrogens (tertiary/aromatic N) is 1. The van der Waals surface area contributed by atoms with Gasteiger partial charge in [-0.05, 0) is 37.6 Å². The first kappa shape index (κ1) is 13.3. The number of hydrogen-bond donors (Lipinski definition) is 1. The van der Waals surface area contributed by atoms with Gasteiger partial charge in [-0.3, -0.25) is 0 Å². The normalized spacial score (nSPS) is 32.8. The van der Waals surface area contributed by atoms with Crippen LogP contribution in [0.3, 0.4) is 0 Å². The predicted octanol–water partition coefficient (Wildman–Crippen LogP) is 1.73. The second-order valence-corrected chi connectivity index (χ2v) is 5.88. The molecule has 2 rings (SSSR count). The molecule has 1 N–H and O–H groups in total. The van der Waals surface area contributed by atoms with Gasteiger partial charge in [-0.15, -0.1) is 0 Å². The van der Waals surface area contributed by atoms with Crippen molar-refractivity contribution in [3.8, 4) is 0 Å². The van der Waals surface area contributed by atoms with E-state index in [1.165, 1.54) is 38.9 Å². The molecule has 0 aliphatic carbocycles. The highest BCUT2D eigenvalue weighted by atomic mass is 16.5. The minimum atomic E-state index is 0.699. The summed E-state index contributed by atoms with van der Waals surface area (Å²) >= 11 is 0. The average Bonchev–Trinajstić information content (AvgIpc) is 2.35. The zero-order chi connectivity index (χ0) is 12.1. The molecule has 0 aromatic rings. The Bertz CT molecular complexity index is 216. The van der Waals surface area contributed by atoms with Crippen molar-refractivity contribution >= 4 is 0 Å². The highest BCUT2D eigenvalue weighted by molar-refractivity contribution is 4.76. The maximum atomic E-state index is 5.37. The van der Waals surface area contributed by atoms with Crippen LogP contribution in [0.4, 0.5) is 0 Å². The van der Waals surface area contributed by atoms with Gasteiger partial charge in [0.1, 0.15) is 0 Å². The predicted molar refractivity (Wildman–Crippen MR) is 71.2 cm³/mol.